The van der Waals surface area contributed by atoms with Crippen LogP contribution in [0.3, 0.4) is 0 Å². The van der Waals surface area contributed by atoms with Gasteiger partial charge in [0.05, 0.1) is 10.7 Å². The summed E-state index contributed by atoms with van der Waals surface area (Å²) in [6.45, 7) is 2.50. The lowest BCUT2D eigenvalue weighted by Gasteiger charge is -2.06. The molecule has 0 aliphatic rings. The number of aromatic nitrogens is 3. The van der Waals surface area contributed by atoms with E-state index in [1.165, 1.54) is 12.4 Å². The number of amides is 1. The fraction of sp³-hybridized carbons (Fsp3) is 0.176. The topological polar surface area (TPSA) is 93.8 Å². The highest BCUT2D eigenvalue weighted by Crippen LogP contribution is 2.21. The molecule has 0 unspecified atom stereocenters. The van der Waals surface area contributed by atoms with E-state index in [-0.39, 0.29) is 17.4 Å². The van der Waals surface area contributed by atoms with Crippen LogP contribution >= 0.6 is 11.3 Å². The molecule has 0 bridgehead atoms. The van der Waals surface area contributed by atoms with Gasteiger partial charge < -0.3 is 11.1 Å². The molecule has 122 valence electrons. The van der Waals surface area contributed by atoms with Crippen molar-refractivity contribution < 1.29 is 4.79 Å². The van der Waals surface area contributed by atoms with Crippen LogP contribution in [0.15, 0.2) is 42.0 Å². The molecular formula is C17H17N5OS. The molecule has 24 heavy (non-hydrogen) atoms. The van der Waals surface area contributed by atoms with Crippen molar-refractivity contribution in [2.75, 3.05) is 12.3 Å². The minimum atomic E-state index is -0.310. The number of nitrogen functional groups attached to an aromatic ring is 1. The summed E-state index contributed by atoms with van der Waals surface area (Å²) < 4.78 is 0. The summed E-state index contributed by atoms with van der Waals surface area (Å²) in [6.07, 6.45) is 3.63. The number of nitrogens with two attached hydrogens (primary N) is 1. The molecule has 0 saturated carbocycles. The number of rotatable bonds is 5. The third-order valence-electron chi connectivity index (χ3n) is 3.51. The fourth-order valence-corrected chi connectivity index (χ4v) is 2.89. The van der Waals surface area contributed by atoms with Crippen molar-refractivity contribution in [3.05, 3.63) is 58.3 Å². The Kier molecular flexibility index (Phi) is 4.81. The number of hydrogen-bond acceptors (Lipinski definition) is 6. The highest BCUT2D eigenvalue weighted by Gasteiger charge is 2.11. The zero-order valence-corrected chi connectivity index (χ0v) is 14.0. The molecule has 0 aliphatic carbocycles. The average Bonchev–Trinajstić information content (AvgIpc) is 3.02. The molecule has 2 aromatic heterocycles. The van der Waals surface area contributed by atoms with E-state index in [9.17, 15) is 4.79 Å². The first-order valence-electron chi connectivity index (χ1n) is 7.49. The molecule has 0 saturated heterocycles. The second kappa shape index (κ2) is 7.18. The quantitative estimate of drug-likeness (QED) is 0.745. The Morgan fingerprint density at radius 3 is 2.62 bits per heavy atom. The van der Waals surface area contributed by atoms with E-state index in [1.54, 1.807) is 11.3 Å². The molecule has 0 fully saturated rings. The normalized spacial score (nSPS) is 10.5. The van der Waals surface area contributed by atoms with Gasteiger partial charge in [-0.25, -0.2) is 15.0 Å². The van der Waals surface area contributed by atoms with Crippen molar-refractivity contribution in [3.63, 3.8) is 0 Å². The first-order chi connectivity index (χ1) is 11.6. The summed E-state index contributed by atoms with van der Waals surface area (Å²) in [7, 11) is 0. The number of thiazole rings is 1. The average molecular weight is 339 g/mol. The van der Waals surface area contributed by atoms with Crippen LogP contribution in [-0.2, 0) is 6.42 Å². The van der Waals surface area contributed by atoms with Crippen LogP contribution in [0.4, 0.5) is 5.82 Å². The lowest BCUT2D eigenvalue weighted by atomic mass is 10.1. The minimum absolute atomic E-state index is 0.137. The number of nitrogens with one attached hydrogen (secondary N) is 1. The molecule has 3 rings (SSSR count). The van der Waals surface area contributed by atoms with E-state index in [0.717, 1.165) is 28.2 Å². The Labute approximate surface area is 143 Å². The van der Waals surface area contributed by atoms with Gasteiger partial charge >= 0.3 is 0 Å². The molecule has 2 heterocycles. The third kappa shape index (κ3) is 3.75. The highest BCUT2D eigenvalue weighted by molar-refractivity contribution is 7.09. The van der Waals surface area contributed by atoms with Gasteiger partial charge in [-0.05, 0) is 18.9 Å². The first-order valence-corrected chi connectivity index (χ1v) is 8.37. The van der Waals surface area contributed by atoms with E-state index in [4.69, 9.17) is 5.73 Å². The Bertz CT molecular complexity index is 844. The lowest BCUT2D eigenvalue weighted by molar-refractivity contribution is 0.0950. The lowest BCUT2D eigenvalue weighted by Crippen LogP contribution is -2.27. The van der Waals surface area contributed by atoms with Gasteiger partial charge in [0, 0.05) is 29.9 Å². The smallest absolute Gasteiger partial charge is 0.273 e. The number of benzene rings is 1. The SMILES string of the molecule is Cc1nc(-c2ccc(CCNC(=O)c3nccnc3N)cc2)cs1. The number of anilines is 1. The molecule has 0 spiro atoms. The van der Waals surface area contributed by atoms with Gasteiger partial charge in [0.1, 0.15) is 0 Å². The molecule has 0 atom stereocenters. The zero-order chi connectivity index (χ0) is 16.9. The van der Waals surface area contributed by atoms with Crippen LogP contribution in [0.2, 0.25) is 0 Å². The fourth-order valence-electron chi connectivity index (χ4n) is 2.27. The van der Waals surface area contributed by atoms with Crippen molar-refractivity contribution >= 4 is 23.1 Å². The van der Waals surface area contributed by atoms with Crippen molar-refractivity contribution in [2.24, 2.45) is 0 Å². The zero-order valence-electron chi connectivity index (χ0n) is 13.2. The van der Waals surface area contributed by atoms with Crippen molar-refractivity contribution in [3.8, 4) is 11.3 Å². The summed E-state index contributed by atoms with van der Waals surface area (Å²) in [5.74, 6) is -0.173. The Balaban J connectivity index is 1.55. The monoisotopic (exact) mass is 339 g/mol. The van der Waals surface area contributed by atoms with E-state index < -0.39 is 0 Å². The van der Waals surface area contributed by atoms with Crippen LogP contribution < -0.4 is 11.1 Å². The molecule has 0 aliphatic heterocycles. The molecule has 3 aromatic rings. The first kappa shape index (κ1) is 16.1. The largest absolute Gasteiger partial charge is 0.382 e. The second-order valence-corrected chi connectivity index (χ2v) is 6.31. The predicted octanol–water partition coefficient (Wildman–Crippen LogP) is 2.46. The number of aryl methyl sites for hydroxylation is 1. The molecular weight excluding hydrogens is 322 g/mol. The van der Waals surface area contributed by atoms with Gasteiger partial charge in [-0.15, -0.1) is 11.3 Å². The van der Waals surface area contributed by atoms with Gasteiger partial charge in [0.25, 0.3) is 5.91 Å². The maximum atomic E-state index is 12.0. The summed E-state index contributed by atoms with van der Waals surface area (Å²) in [5.41, 5.74) is 9.03. The summed E-state index contributed by atoms with van der Waals surface area (Å²) in [5, 5.41) is 5.91. The van der Waals surface area contributed by atoms with E-state index in [2.05, 4.69) is 25.6 Å². The Morgan fingerprint density at radius 2 is 1.96 bits per heavy atom. The summed E-state index contributed by atoms with van der Waals surface area (Å²) in [6, 6.07) is 8.19. The predicted molar refractivity (Wildman–Crippen MR) is 94.8 cm³/mol. The standard InChI is InChI=1S/C17H17N5OS/c1-11-22-14(10-24-11)13-4-2-12(3-5-13)6-7-21-17(23)15-16(18)20-9-8-19-15/h2-5,8-10H,6-7H2,1H3,(H2,18,20)(H,21,23). The maximum absolute atomic E-state index is 12.0. The molecule has 3 N–H and O–H groups in total. The van der Waals surface area contributed by atoms with Gasteiger partial charge in [-0.3, -0.25) is 4.79 Å². The highest BCUT2D eigenvalue weighted by atomic mass is 32.1. The molecule has 1 aromatic carbocycles. The van der Waals surface area contributed by atoms with Crippen molar-refractivity contribution in [2.45, 2.75) is 13.3 Å². The number of nitrogens with zero attached hydrogens (tertiary/aromatic N) is 3. The Hall–Kier alpha value is -2.80. The number of carbonyl (C=O) groups is 1. The van der Waals surface area contributed by atoms with Crippen LogP contribution in [-0.4, -0.2) is 27.4 Å². The minimum Gasteiger partial charge on any atom is -0.382 e. The number of hydrogen-bond donors (Lipinski definition) is 2. The Morgan fingerprint density at radius 1 is 1.21 bits per heavy atom. The summed E-state index contributed by atoms with van der Waals surface area (Å²) in [4.78, 5) is 24.3. The number of carbonyl (C=O) groups excluding carboxylic acids is 1. The van der Waals surface area contributed by atoms with Crippen molar-refractivity contribution in [1.29, 1.82) is 0 Å². The maximum Gasteiger partial charge on any atom is 0.273 e. The van der Waals surface area contributed by atoms with Crippen LogP contribution in [0.25, 0.3) is 11.3 Å². The van der Waals surface area contributed by atoms with E-state index in [1.807, 2.05) is 31.2 Å². The van der Waals surface area contributed by atoms with Crippen LogP contribution in [0, 0.1) is 6.92 Å². The van der Waals surface area contributed by atoms with Crippen LogP contribution in [0.5, 0.6) is 0 Å². The molecule has 1 amide bonds. The molecule has 6 nitrogen and oxygen atoms in total. The molecule has 7 heteroatoms. The van der Waals surface area contributed by atoms with Gasteiger partial charge in [-0.1, -0.05) is 24.3 Å². The van der Waals surface area contributed by atoms with Gasteiger partial charge in [0.15, 0.2) is 11.5 Å². The van der Waals surface area contributed by atoms with Gasteiger partial charge in [-0.2, -0.15) is 0 Å². The van der Waals surface area contributed by atoms with E-state index >= 15 is 0 Å². The second-order valence-electron chi connectivity index (χ2n) is 5.24. The van der Waals surface area contributed by atoms with Gasteiger partial charge in [0.2, 0.25) is 0 Å². The van der Waals surface area contributed by atoms with E-state index in [0.29, 0.717) is 6.54 Å². The van der Waals surface area contributed by atoms with Crippen molar-refractivity contribution in [1.82, 2.24) is 20.3 Å². The molecule has 0 radical (unpaired) electrons. The summed E-state index contributed by atoms with van der Waals surface area (Å²) >= 11 is 1.64. The third-order valence-corrected chi connectivity index (χ3v) is 4.28. The van der Waals surface area contributed by atoms with Crippen LogP contribution in [0.1, 0.15) is 21.1 Å².